The largest absolute Gasteiger partial charge is 0.445 e. The predicted molar refractivity (Wildman–Crippen MR) is 89.6 cm³/mol. The number of halogens is 2. The Labute approximate surface area is 149 Å². The number of carbonyl (C=O) groups excluding carboxylic acids is 1. The Bertz CT molecular complexity index is 784. The molecule has 1 aromatic heterocycles. The Morgan fingerprint density at radius 2 is 2.17 bits per heavy atom. The second-order valence-corrected chi connectivity index (χ2v) is 6.90. The molecule has 2 aliphatic rings. The average Bonchev–Trinajstić information content (AvgIpc) is 3.24. The SMILES string of the molecule is O=C(c1ccc(Cl)c(Cl)c1)N1CCc2oc(C3CCOC3)nc2C1. The molecule has 0 saturated carbocycles. The van der Waals surface area contributed by atoms with Crippen molar-refractivity contribution < 1.29 is 13.9 Å². The molecule has 2 aromatic rings. The van der Waals surface area contributed by atoms with Gasteiger partial charge in [0, 0.05) is 25.1 Å². The van der Waals surface area contributed by atoms with E-state index in [0.29, 0.717) is 41.7 Å². The topological polar surface area (TPSA) is 55.6 Å². The first-order valence-electron chi connectivity index (χ1n) is 7.92. The van der Waals surface area contributed by atoms with Gasteiger partial charge in [-0.1, -0.05) is 23.2 Å². The van der Waals surface area contributed by atoms with Crippen LogP contribution >= 0.6 is 23.2 Å². The number of carbonyl (C=O) groups is 1. The molecule has 1 fully saturated rings. The van der Waals surface area contributed by atoms with E-state index in [1.54, 1.807) is 23.1 Å². The molecule has 4 rings (SSSR count). The highest BCUT2D eigenvalue weighted by Crippen LogP contribution is 2.30. The third-order valence-corrected chi connectivity index (χ3v) is 5.22. The van der Waals surface area contributed by atoms with E-state index >= 15 is 0 Å². The van der Waals surface area contributed by atoms with Gasteiger partial charge in [0.1, 0.15) is 11.5 Å². The van der Waals surface area contributed by atoms with Crippen LogP contribution in [0.4, 0.5) is 0 Å². The fourth-order valence-electron chi connectivity index (χ4n) is 3.11. The number of oxazole rings is 1. The molecule has 5 nitrogen and oxygen atoms in total. The fourth-order valence-corrected chi connectivity index (χ4v) is 3.41. The summed E-state index contributed by atoms with van der Waals surface area (Å²) < 4.78 is 11.3. The second kappa shape index (κ2) is 6.39. The standard InChI is InChI=1S/C17H16Cl2N2O3/c18-12-2-1-10(7-13(12)19)17(22)21-5-3-15-14(8-21)20-16(24-15)11-4-6-23-9-11/h1-2,7,11H,3-6,8-9H2. The minimum Gasteiger partial charge on any atom is -0.445 e. The predicted octanol–water partition coefficient (Wildman–Crippen LogP) is 3.68. The van der Waals surface area contributed by atoms with Crippen molar-refractivity contribution in [3.8, 4) is 0 Å². The number of hydrogen-bond donors (Lipinski definition) is 0. The molecule has 1 unspecified atom stereocenters. The maximum absolute atomic E-state index is 12.7. The van der Waals surface area contributed by atoms with Crippen molar-refractivity contribution in [3.63, 3.8) is 0 Å². The number of aromatic nitrogens is 1. The first-order valence-corrected chi connectivity index (χ1v) is 8.68. The number of nitrogens with zero attached hydrogens (tertiary/aromatic N) is 2. The lowest BCUT2D eigenvalue weighted by Gasteiger charge is -2.25. The van der Waals surface area contributed by atoms with Gasteiger partial charge in [0.25, 0.3) is 5.91 Å². The average molecular weight is 367 g/mol. The van der Waals surface area contributed by atoms with Crippen LogP contribution < -0.4 is 0 Å². The van der Waals surface area contributed by atoms with Crippen molar-refractivity contribution in [2.24, 2.45) is 0 Å². The lowest BCUT2D eigenvalue weighted by Crippen LogP contribution is -2.35. The van der Waals surface area contributed by atoms with Crippen LogP contribution in [0.1, 0.15) is 40.0 Å². The normalized spacial score (nSPS) is 20.2. The van der Waals surface area contributed by atoms with Crippen molar-refractivity contribution in [2.45, 2.75) is 25.3 Å². The molecule has 126 valence electrons. The molecule has 2 aliphatic heterocycles. The van der Waals surface area contributed by atoms with E-state index in [1.807, 2.05) is 0 Å². The van der Waals surface area contributed by atoms with Crippen molar-refractivity contribution in [1.82, 2.24) is 9.88 Å². The summed E-state index contributed by atoms with van der Waals surface area (Å²) in [5, 5.41) is 0.819. The summed E-state index contributed by atoms with van der Waals surface area (Å²) in [7, 11) is 0. The van der Waals surface area contributed by atoms with E-state index in [1.165, 1.54) is 0 Å². The summed E-state index contributed by atoms with van der Waals surface area (Å²) in [6.07, 6.45) is 1.61. The van der Waals surface area contributed by atoms with E-state index in [2.05, 4.69) is 4.98 Å². The number of benzene rings is 1. The van der Waals surface area contributed by atoms with Crippen LogP contribution in [0.5, 0.6) is 0 Å². The Kier molecular flexibility index (Phi) is 4.24. The van der Waals surface area contributed by atoms with Crippen LogP contribution in [0.3, 0.4) is 0 Å². The summed E-state index contributed by atoms with van der Waals surface area (Å²) >= 11 is 11.9. The maximum Gasteiger partial charge on any atom is 0.254 e. The Morgan fingerprint density at radius 1 is 1.29 bits per heavy atom. The molecule has 0 aliphatic carbocycles. The van der Waals surface area contributed by atoms with E-state index in [4.69, 9.17) is 32.4 Å². The molecule has 1 saturated heterocycles. The molecular formula is C17H16Cl2N2O3. The number of amides is 1. The highest BCUT2D eigenvalue weighted by molar-refractivity contribution is 6.42. The van der Waals surface area contributed by atoms with E-state index in [9.17, 15) is 4.79 Å². The molecule has 24 heavy (non-hydrogen) atoms. The first kappa shape index (κ1) is 15.9. The number of hydrogen-bond acceptors (Lipinski definition) is 4. The quantitative estimate of drug-likeness (QED) is 0.813. The third-order valence-electron chi connectivity index (χ3n) is 4.48. The van der Waals surface area contributed by atoms with Gasteiger partial charge in [0.2, 0.25) is 0 Å². The lowest BCUT2D eigenvalue weighted by atomic mass is 10.1. The van der Waals surface area contributed by atoms with Crippen LogP contribution in [0, 0.1) is 0 Å². The van der Waals surface area contributed by atoms with E-state index in [0.717, 1.165) is 30.4 Å². The van der Waals surface area contributed by atoms with E-state index < -0.39 is 0 Å². The van der Waals surface area contributed by atoms with Crippen molar-refractivity contribution in [3.05, 3.63) is 51.2 Å². The minimum atomic E-state index is -0.0760. The number of fused-ring (bicyclic) bond motifs is 1. The molecule has 1 atom stereocenters. The molecule has 1 aromatic carbocycles. The smallest absolute Gasteiger partial charge is 0.254 e. The summed E-state index contributed by atoms with van der Waals surface area (Å²) in [4.78, 5) is 19.0. The fraction of sp³-hybridized carbons (Fsp3) is 0.412. The number of rotatable bonds is 2. The van der Waals surface area contributed by atoms with Crippen molar-refractivity contribution in [1.29, 1.82) is 0 Å². The third kappa shape index (κ3) is 2.92. The zero-order chi connectivity index (χ0) is 16.7. The molecule has 1 amide bonds. The van der Waals surface area contributed by atoms with Crippen molar-refractivity contribution in [2.75, 3.05) is 19.8 Å². The molecule has 0 N–H and O–H groups in total. The van der Waals surface area contributed by atoms with Gasteiger partial charge in [-0.25, -0.2) is 4.98 Å². The molecule has 0 bridgehead atoms. The Morgan fingerprint density at radius 3 is 2.92 bits per heavy atom. The zero-order valence-corrected chi connectivity index (χ0v) is 14.4. The molecule has 7 heteroatoms. The van der Waals surface area contributed by atoms with Crippen LogP contribution in [0.25, 0.3) is 0 Å². The van der Waals surface area contributed by atoms with Gasteiger partial charge < -0.3 is 14.1 Å². The number of ether oxygens (including phenoxy) is 1. The Hall–Kier alpha value is -1.56. The lowest BCUT2D eigenvalue weighted by molar-refractivity contribution is 0.0728. The monoisotopic (exact) mass is 366 g/mol. The summed E-state index contributed by atoms with van der Waals surface area (Å²) in [5.41, 5.74) is 1.37. The maximum atomic E-state index is 12.7. The zero-order valence-electron chi connectivity index (χ0n) is 12.9. The van der Waals surface area contributed by atoms with Gasteiger partial charge in [-0.05, 0) is 24.6 Å². The van der Waals surface area contributed by atoms with Gasteiger partial charge >= 0.3 is 0 Å². The molecule has 3 heterocycles. The highest BCUT2D eigenvalue weighted by Gasteiger charge is 2.29. The van der Waals surface area contributed by atoms with Crippen LogP contribution in [0.2, 0.25) is 10.0 Å². The first-order chi connectivity index (χ1) is 11.6. The van der Waals surface area contributed by atoms with Gasteiger partial charge in [-0.2, -0.15) is 0 Å². The van der Waals surface area contributed by atoms with Crippen LogP contribution in [-0.4, -0.2) is 35.5 Å². The van der Waals surface area contributed by atoms with Crippen LogP contribution in [0.15, 0.2) is 22.6 Å². The summed E-state index contributed by atoms with van der Waals surface area (Å²) in [5.74, 6) is 1.78. The van der Waals surface area contributed by atoms with Gasteiger partial charge in [-0.3, -0.25) is 4.79 Å². The van der Waals surface area contributed by atoms with E-state index in [-0.39, 0.29) is 11.8 Å². The Balaban J connectivity index is 1.53. The second-order valence-electron chi connectivity index (χ2n) is 6.09. The van der Waals surface area contributed by atoms with Gasteiger partial charge in [0.15, 0.2) is 5.89 Å². The molecular weight excluding hydrogens is 351 g/mol. The van der Waals surface area contributed by atoms with Gasteiger partial charge in [-0.15, -0.1) is 0 Å². The summed E-state index contributed by atoms with van der Waals surface area (Å²) in [6, 6.07) is 4.93. The summed E-state index contributed by atoms with van der Waals surface area (Å²) in [6.45, 7) is 2.46. The van der Waals surface area contributed by atoms with Crippen molar-refractivity contribution >= 4 is 29.1 Å². The molecule has 0 radical (unpaired) electrons. The van der Waals surface area contributed by atoms with Crippen LogP contribution in [-0.2, 0) is 17.7 Å². The minimum absolute atomic E-state index is 0.0760. The van der Waals surface area contributed by atoms with Gasteiger partial charge in [0.05, 0.1) is 29.1 Å². The molecule has 0 spiro atoms. The highest BCUT2D eigenvalue weighted by atomic mass is 35.5.